The predicted octanol–water partition coefficient (Wildman–Crippen LogP) is 4.55. The SMILES string of the molecule is COc1cccc(C(c2sc3ncnn3c2O)N2CCC(Cc3ccccc3)CC2)c1. The summed E-state index contributed by atoms with van der Waals surface area (Å²) in [5, 5.41) is 15.1. The third-order valence-electron chi connectivity index (χ3n) is 6.18. The molecular weight excluding hydrogens is 408 g/mol. The molecule has 0 aliphatic carbocycles. The first-order valence-corrected chi connectivity index (χ1v) is 11.5. The van der Waals surface area contributed by atoms with Crippen LogP contribution in [-0.2, 0) is 6.42 Å². The number of fused-ring (bicyclic) bond motifs is 1. The van der Waals surface area contributed by atoms with E-state index >= 15 is 0 Å². The maximum Gasteiger partial charge on any atom is 0.230 e. The molecule has 0 radical (unpaired) electrons. The smallest absolute Gasteiger partial charge is 0.230 e. The van der Waals surface area contributed by atoms with Gasteiger partial charge in [0.25, 0.3) is 0 Å². The Kier molecular flexibility index (Phi) is 5.61. The van der Waals surface area contributed by atoms with E-state index in [4.69, 9.17) is 4.74 Å². The lowest BCUT2D eigenvalue weighted by Crippen LogP contribution is -2.37. The van der Waals surface area contributed by atoms with Crippen LogP contribution in [0.1, 0.15) is 34.9 Å². The van der Waals surface area contributed by atoms with Crippen LogP contribution in [0.5, 0.6) is 11.6 Å². The highest BCUT2D eigenvalue weighted by molar-refractivity contribution is 7.17. The second-order valence-electron chi connectivity index (χ2n) is 8.09. The number of piperidine rings is 1. The number of methoxy groups -OCH3 is 1. The molecule has 7 heteroatoms. The summed E-state index contributed by atoms with van der Waals surface area (Å²) < 4.78 is 7.00. The first kappa shape index (κ1) is 20.0. The number of nitrogens with zero attached hydrogens (tertiary/aromatic N) is 4. The summed E-state index contributed by atoms with van der Waals surface area (Å²) in [7, 11) is 1.68. The zero-order valence-electron chi connectivity index (χ0n) is 17.5. The van der Waals surface area contributed by atoms with Gasteiger partial charge in [-0.1, -0.05) is 53.8 Å². The molecule has 1 unspecified atom stereocenters. The largest absolute Gasteiger partial charge is 0.497 e. The topological polar surface area (TPSA) is 62.9 Å². The maximum atomic E-state index is 10.9. The van der Waals surface area contributed by atoms with Gasteiger partial charge in [-0.15, -0.1) is 0 Å². The molecule has 1 aliphatic heterocycles. The number of thiazole rings is 1. The minimum Gasteiger partial charge on any atom is -0.497 e. The first-order chi connectivity index (χ1) is 15.2. The van der Waals surface area contributed by atoms with Crippen molar-refractivity contribution in [2.24, 2.45) is 5.92 Å². The van der Waals surface area contributed by atoms with E-state index in [0.717, 1.165) is 48.5 Å². The van der Waals surface area contributed by atoms with Crippen molar-refractivity contribution >= 4 is 16.3 Å². The molecule has 6 nitrogen and oxygen atoms in total. The Hall–Kier alpha value is -2.90. The maximum absolute atomic E-state index is 10.9. The lowest BCUT2D eigenvalue weighted by Gasteiger charge is -2.37. The van der Waals surface area contributed by atoms with Crippen molar-refractivity contribution < 1.29 is 9.84 Å². The quantitative estimate of drug-likeness (QED) is 0.482. The molecule has 160 valence electrons. The highest BCUT2D eigenvalue weighted by Gasteiger charge is 2.32. The number of hydrogen-bond donors (Lipinski definition) is 1. The van der Waals surface area contributed by atoms with Gasteiger partial charge in [-0.25, -0.2) is 4.98 Å². The summed E-state index contributed by atoms with van der Waals surface area (Å²) in [6.45, 7) is 1.96. The highest BCUT2D eigenvalue weighted by atomic mass is 32.1. The van der Waals surface area contributed by atoms with Crippen LogP contribution in [0.15, 0.2) is 60.9 Å². The minimum atomic E-state index is -0.0544. The number of benzene rings is 2. The summed E-state index contributed by atoms with van der Waals surface area (Å²) >= 11 is 1.50. The molecule has 31 heavy (non-hydrogen) atoms. The van der Waals surface area contributed by atoms with Gasteiger partial charge in [-0.2, -0.15) is 9.61 Å². The molecule has 2 aromatic carbocycles. The Morgan fingerprint density at radius 3 is 2.68 bits per heavy atom. The van der Waals surface area contributed by atoms with E-state index in [1.807, 2.05) is 12.1 Å². The fourth-order valence-corrected chi connectivity index (χ4v) is 5.67. The van der Waals surface area contributed by atoms with E-state index in [1.165, 1.54) is 27.7 Å². The highest BCUT2D eigenvalue weighted by Crippen LogP contribution is 2.42. The van der Waals surface area contributed by atoms with Gasteiger partial charge in [0, 0.05) is 0 Å². The Morgan fingerprint density at radius 1 is 1.13 bits per heavy atom. The van der Waals surface area contributed by atoms with E-state index in [0.29, 0.717) is 10.9 Å². The summed E-state index contributed by atoms with van der Waals surface area (Å²) in [4.78, 5) is 8.34. The van der Waals surface area contributed by atoms with E-state index in [2.05, 4.69) is 57.4 Å². The molecule has 3 heterocycles. The molecule has 0 bridgehead atoms. The zero-order valence-corrected chi connectivity index (χ0v) is 18.3. The molecule has 4 aromatic rings. The van der Waals surface area contributed by atoms with E-state index in [9.17, 15) is 5.11 Å². The predicted molar refractivity (Wildman–Crippen MR) is 122 cm³/mol. The van der Waals surface area contributed by atoms with Crippen molar-refractivity contribution in [2.75, 3.05) is 20.2 Å². The average Bonchev–Trinajstić information content (AvgIpc) is 3.39. The van der Waals surface area contributed by atoms with E-state index in [1.54, 1.807) is 7.11 Å². The third-order valence-corrected chi connectivity index (χ3v) is 7.26. The molecule has 0 spiro atoms. The molecule has 1 aliphatic rings. The lowest BCUT2D eigenvalue weighted by molar-refractivity contribution is 0.150. The van der Waals surface area contributed by atoms with Gasteiger partial charge in [0.05, 0.1) is 18.0 Å². The van der Waals surface area contributed by atoms with Crippen LogP contribution in [0.4, 0.5) is 0 Å². The molecule has 1 fully saturated rings. The summed E-state index contributed by atoms with van der Waals surface area (Å²) in [6.07, 6.45) is 4.87. The molecule has 0 amide bonds. The van der Waals surface area contributed by atoms with E-state index in [-0.39, 0.29) is 11.9 Å². The van der Waals surface area contributed by atoms with Crippen molar-refractivity contribution in [1.82, 2.24) is 19.5 Å². The van der Waals surface area contributed by atoms with Gasteiger partial charge in [0.1, 0.15) is 12.1 Å². The second kappa shape index (κ2) is 8.69. The average molecular weight is 435 g/mol. The van der Waals surface area contributed by atoms with Crippen LogP contribution < -0.4 is 4.74 Å². The van der Waals surface area contributed by atoms with Crippen molar-refractivity contribution in [2.45, 2.75) is 25.3 Å². The molecular formula is C24H26N4O2S. The van der Waals surface area contributed by atoms with Crippen molar-refractivity contribution in [3.05, 3.63) is 76.9 Å². The van der Waals surface area contributed by atoms with Crippen molar-refractivity contribution in [1.29, 1.82) is 0 Å². The number of rotatable bonds is 6. The Bertz CT molecular complexity index is 1150. The molecule has 5 rings (SSSR count). The van der Waals surface area contributed by atoms with Crippen LogP contribution in [0.25, 0.3) is 4.96 Å². The number of aromatic nitrogens is 3. The van der Waals surface area contributed by atoms with Crippen molar-refractivity contribution in [3.8, 4) is 11.6 Å². The standard InChI is InChI=1S/C24H26N4O2S/c1-30-20-9-5-8-19(15-20)21(22-23(29)28-24(31-22)25-16-26-28)27-12-10-18(11-13-27)14-17-6-3-2-4-7-17/h2-9,15-16,18,21,29H,10-14H2,1H3. The fourth-order valence-electron chi connectivity index (χ4n) is 4.57. The van der Waals surface area contributed by atoms with Gasteiger partial charge < -0.3 is 9.84 Å². The molecule has 1 atom stereocenters. The van der Waals surface area contributed by atoms with Gasteiger partial charge in [-0.05, 0) is 61.5 Å². The summed E-state index contributed by atoms with van der Waals surface area (Å²) in [5.74, 6) is 1.68. The Morgan fingerprint density at radius 2 is 1.94 bits per heavy atom. The molecule has 0 saturated carbocycles. The van der Waals surface area contributed by atoms with Crippen LogP contribution in [-0.4, -0.2) is 44.8 Å². The Labute approximate surface area is 185 Å². The summed E-state index contributed by atoms with van der Waals surface area (Å²) in [5.41, 5.74) is 2.52. The number of likely N-dealkylation sites (tertiary alicyclic amines) is 1. The molecule has 1 saturated heterocycles. The van der Waals surface area contributed by atoms with Gasteiger partial charge in [0.2, 0.25) is 10.8 Å². The normalized spacial score (nSPS) is 16.5. The molecule has 1 N–H and O–H groups in total. The number of hydrogen-bond acceptors (Lipinski definition) is 6. The van der Waals surface area contributed by atoms with Crippen LogP contribution in [0, 0.1) is 5.92 Å². The second-order valence-corrected chi connectivity index (χ2v) is 9.10. The third kappa shape index (κ3) is 4.03. The van der Waals surface area contributed by atoms with Gasteiger partial charge in [-0.3, -0.25) is 4.90 Å². The van der Waals surface area contributed by atoms with Crippen LogP contribution in [0.3, 0.4) is 0 Å². The molecule has 2 aromatic heterocycles. The minimum absolute atomic E-state index is 0.0544. The fraction of sp³-hybridized carbons (Fsp3) is 0.333. The number of ether oxygens (including phenoxy) is 1. The zero-order chi connectivity index (χ0) is 21.2. The van der Waals surface area contributed by atoms with Gasteiger partial charge in [0.15, 0.2) is 0 Å². The number of aromatic hydroxyl groups is 1. The van der Waals surface area contributed by atoms with Gasteiger partial charge >= 0.3 is 0 Å². The summed E-state index contributed by atoms with van der Waals surface area (Å²) in [6, 6.07) is 18.8. The first-order valence-electron chi connectivity index (χ1n) is 10.7. The van der Waals surface area contributed by atoms with E-state index < -0.39 is 0 Å². The lowest BCUT2D eigenvalue weighted by atomic mass is 9.88. The van der Waals surface area contributed by atoms with Crippen molar-refractivity contribution in [3.63, 3.8) is 0 Å². The Balaban J connectivity index is 1.42. The van der Waals surface area contributed by atoms with Crippen LogP contribution in [0.2, 0.25) is 0 Å². The monoisotopic (exact) mass is 434 g/mol. The van der Waals surface area contributed by atoms with Crippen LogP contribution >= 0.6 is 11.3 Å².